The molecule has 2 fully saturated rings. The Morgan fingerprint density at radius 1 is 1.39 bits per heavy atom. The third-order valence-electron chi connectivity index (χ3n) is 5.68. The van der Waals surface area contributed by atoms with Gasteiger partial charge < -0.3 is 4.74 Å². The summed E-state index contributed by atoms with van der Waals surface area (Å²) in [7, 11) is 0. The molecule has 104 valence electrons. The summed E-state index contributed by atoms with van der Waals surface area (Å²) >= 11 is 0. The number of fused-ring (bicyclic) bond motifs is 1. The fourth-order valence-electron chi connectivity index (χ4n) is 4.66. The van der Waals surface area contributed by atoms with Gasteiger partial charge in [0.25, 0.3) is 0 Å². The molecule has 0 saturated heterocycles. The number of hydrogen-bond acceptors (Lipinski definition) is 1. The summed E-state index contributed by atoms with van der Waals surface area (Å²) in [4.78, 5) is 0. The van der Waals surface area contributed by atoms with Gasteiger partial charge in [0.2, 0.25) is 0 Å². The van der Waals surface area contributed by atoms with Crippen molar-refractivity contribution in [1.29, 1.82) is 0 Å². The molecule has 2 aliphatic carbocycles. The second kappa shape index (κ2) is 5.77. The third-order valence-corrected chi connectivity index (χ3v) is 5.68. The van der Waals surface area contributed by atoms with Gasteiger partial charge in [-0.15, -0.1) is 6.58 Å². The molecule has 0 bridgehead atoms. The summed E-state index contributed by atoms with van der Waals surface area (Å²) in [6.07, 6.45) is 10.6. The number of ether oxygens (including phenoxy) is 1. The lowest BCUT2D eigenvalue weighted by Crippen LogP contribution is -2.42. The average molecular weight is 250 g/mol. The van der Waals surface area contributed by atoms with Crippen molar-refractivity contribution < 1.29 is 4.74 Å². The van der Waals surface area contributed by atoms with Crippen LogP contribution in [0.5, 0.6) is 0 Å². The highest BCUT2D eigenvalue weighted by atomic mass is 16.5. The predicted octanol–water partition coefficient (Wildman–Crippen LogP) is 4.82. The van der Waals surface area contributed by atoms with Crippen molar-refractivity contribution in [2.45, 2.75) is 65.4 Å². The highest BCUT2D eigenvalue weighted by Gasteiger charge is 2.52. The Bertz CT molecular complexity index is 285. The fraction of sp³-hybridized carbons (Fsp3) is 0.882. The Morgan fingerprint density at radius 2 is 2.17 bits per heavy atom. The first-order valence-electron chi connectivity index (χ1n) is 7.87. The molecular formula is C17H30O. The van der Waals surface area contributed by atoms with E-state index in [-0.39, 0.29) is 0 Å². The molecule has 0 aromatic heterocycles. The monoisotopic (exact) mass is 250 g/mol. The summed E-state index contributed by atoms with van der Waals surface area (Å²) < 4.78 is 6.15. The lowest BCUT2D eigenvalue weighted by molar-refractivity contribution is -0.0669. The van der Waals surface area contributed by atoms with E-state index in [2.05, 4.69) is 33.4 Å². The Kier molecular flexibility index (Phi) is 4.53. The summed E-state index contributed by atoms with van der Waals surface area (Å²) in [6, 6.07) is 0. The summed E-state index contributed by atoms with van der Waals surface area (Å²) in [6.45, 7) is 12.0. The normalized spacial score (nSPS) is 41.4. The molecule has 2 rings (SSSR count). The van der Waals surface area contributed by atoms with E-state index in [0.717, 1.165) is 24.9 Å². The van der Waals surface area contributed by atoms with E-state index in [9.17, 15) is 0 Å². The van der Waals surface area contributed by atoms with Crippen LogP contribution in [0.25, 0.3) is 0 Å². The van der Waals surface area contributed by atoms with Crippen molar-refractivity contribution in [1.82, 2.24) is 0 Å². The zero-order valence-corrected chi connectivity index (χ0v) is 12.5. The maximum absolute atomic E-state index is 6.15. The minimum Gasteiger partial charge on any atom is -0.378 e. The molecule has 2 saturated carbocycles. The van der Waals surface area contributed by atoms with Gasteiger partial charge in [-0.1, -0.05) is 33.3 Å². The van der Waals surface area contributed by atoms with E-state index in [1.165, 1.54) is 32.1 Å². The number of hydrogen-bond donors (Lipinski definition) is 0. The van der Waals surface area contributed by atoms with Gasteiger partial charge >= 0.3 is 0 Å². The first-order chi connectivity index (χ1) is 8.63. The molecule has 0 N–H and O–H groups in total. The number of allylic oxidation sites excluding steroid dienone is 1. The fourth-order valence-corrected chi connectivity index (χ4v) is 4.66. The molecule has 0 amide bonds. The number of rotatable bonds is 5. The highest BCUT2D eigenvalue weighted by Crippen LogP contribution is 2.58. The van der Waals surface area contributed by atoms with Crippen LogP contribution >= 0.6 is 0 Å². The van der Waals surface area contributed by atoms with Crippen LogP contribution in [0.3, 0.4) is 0 Å². The summed E-state index contributed by atoms with van der Waals surface area (Å²) in [5.41, 5.74) is 0.504. The molecule has 1 nitrogen and oxygen atoms in total. The van der Waals surface area contributed by atoms with Gasteiger partial charge in [-0.05, 0) is 55.3 Å². The van der Waals surface area contributed by atoms with Crippen molar-refractivity contribution in [3.05, 3.63) is 12.7 Å². The molecule has 5 unspecified atom stereocenters. The molecule has 0 aliphatic heterocycles. The lowest BCUT2D eigenvalue weighted by atomic mass is 9.62. The van der Waals surface area contributed by atoms with Crippen LogP contribution in [0, 0.1) is 23.2 Å². The molecule has 2 aliphatic rings. The largest absolute Gasteiger partial charge is 0.378 e. The maximum Gasteiger partial charge on any atom is 0.0608 e. The Morgan fingerprint density at radius 3 is 2.83 bits per heavy atom. The Hall–Kier alpha value is -0.300. The quantitative estimate of drug-likeness (QED) is 0.636. The first kappa shape index (κ1) is 14.1. The van der Waals surface area contributed by atoms with Crippen LogP contribution in [0.4, 0.5) is 0 Å². The molecule has 0 heterocycles. The van der Waals surface area contributed by atoms with E-state index in [1.54, 1.807) is 0 Å². The van der Waals surface area contributed by atoms with Crippen LogP contribution in [-0.2, 0) is 4.74 Å². The van der Waals surface area contributed by atoms with E-state index >= 15 is 0 Å². The minimum atomic E-state index is 0.504. The smallest absolute Gasteiger partial charge is 0.0608 e. The zero-order valence-electron chi connectivity index (χ0n) is 12.5. The van der Waals surface area contributed by atoms with Crippen LogP contribution in [0.15, 0.2) is 12.7 Å². The maximum atomic E-state index is 6.15. The van der Waals surface area contributed by atoms with Gasteiger partial charge in [0, 0.05) is 6.61 Å². The molecular weight excluding hydrogens is 220 g/mol. The molecule has 5 atom stereocenters. The molecule has 1 heteroatoms. The van der Waals surface area contributed by atoms with E-state index < -0.39 is 0 Å². The van der Waals surface area contributed by atoms with Crippen LogP contribution < -0.4 is 0 Å². The molecule has 0 aromatic carbocycles. The van der Waals surface area contributed by atoms with Gasteiger partial charge in [-0.25, -0.2) is 0 Å². The van der Waals surface area contributed by atoms with Crippen LogP contribution in [-0.4, -0.2) is 12.7 Å². The summed E-state index contributed by atoms with van der Waals surface area (Å²) in [5.74, 6) is 2.28. The molecule has 18 heavy (non-hydrogen) atoms. The van der Waals surface area contributed by atoms with E-state index in [0.29, 0.717) is 17.4 Å². The average Bonchev–Trinajstić information content (AvgIpc) is 2.73. The molecule has 0 spiro atoms. The Labute approximate surface area is 113 Å². The van der Waals surface area contributed by atoms with Crippen molar-refractivity contribution in [2.75, 3.05) is 6.61 Å². The molecule has 0 aromatic rings. The lowest BCUT2D eigenvalue weighted by Gasteiger charge is -2.46. The summed E-state index contributed by atoms with van der Waals surface area (Å²) in [5, 5.41) is 0. The van der Waals surface area contributed by atoms with Crippen molar-refractivity contribution in [2.24, 2.45) is 23.2 Å². The van der Waals surface area contributed by atoms with Gasteiger partial charge in [-0.3, -0.25) is 0 Å². The predicted molar refractivity (Wildman–Crippen MR) is 77.6 cm³/mol. The molecule has 0 radical (unpaired) electrons. The van der Waals surface area contributed by atoms with Crippen LogP contribution in [0.1, 0.15) is 59.3 Å². The Balaban J connectivity index is 2.10. The topological polar surface area (TPSA) is 9.23 Å². The van der Waals surface area contributed by atoms with Crippen molar-refractivity contribution in [3.63, 3.8) is 0 Å². The van der Waals surface area contributed by atoms with E-state index in [4.69, 9.17) is 4.74 Å². The SMILES string of the molecule is C=CC(C)C1CCC2C(OCCC)CCCC12C. The third kappa shape index (κ3) is 2.39. The first-order valence-corrected chi connectivity index (χ1v) is 7.87. The van der Waals surface area contributed by atoms with Crippen molar-refractivity contribution in [3.8, 4) is 0 Å². The van der Waals surface area contributed by atoms with Crippen molar-refractivity contribution >= 4 is 0 Å². The standard InChI is InChI=1S/C17H30O/c1-5-12-18-16-8-7-11-17(4)14(13(3)6-2)9-10-15(16)17/h6,13-16H,2,5,7-12H2,1,3-4H3. The van der Waals surface area contributed by atoms with Crippen LogP contribution in [0.2, 0.25) is 0 Å². The zero-order chi connectivity index (χ0) is 13.2. The van der Waals surface area contributed by atoms with Gasteiger partial charge in [0.05, 0.1) is 6.10 Å². The minimum absolute atomic E-state index is 0.504. The second-order valence-electron chi connectivity index (χ2n) is 6.69. The van der Waals surface area contributed by atoms with E-state index in [1.807, 2.05) is 0 Å². The second-order valence-corrected chi connectivity index (χ2v) is 6.69. The van der Waals surface area contributed by atoms with Gasteiger partial charge in [0.1, 0.15) is 0 Å². The van der Waals surface area contributed by atoms with Gasteiger partial charge in [0.15, 0.2) is 0 Å². The highest BCUT2D eigenvalue weighted by molar-refractivity contribution is 5.04. The van der Waals surface area contributed by atoms with Gasteiger partial charge in [-0.2, -0.15) is 0 Å².